The van der Waals surface area contributed by atoms with Crippen LogP contribution in [0.1, 0.15) is 36.8 Å². The molecular formula is C21H26ClNO. The minimum Gasteiger partial charge on any atom is -0.385 e. The third kappa shape index (κ3) is 4.60. The monoisotopic (exact) mass is 343 g/mol. The molecule has 24 heavy (non-hydrogen) atoms. The lowest BCUT2D eigenvalue weighted by atomic mass is 9.84. The van der Waals surface area contributed by atoms with Gasteiger partial charge in [-0.1, -0.05) is 60.5 Å². The van der Waals surface area contributed by atoms with Crippen LogP contribution >= 0.6 is 11.6 Å². The number of piperidine rings is 1. The quantitative estimate of drug-likeness (QED) is 0.825. The molecule has 0 aliphatic carbocycles. The van der Waals surface area contributed by atoms with Gasteiger partial charge in [0.2, 0.25) is 0 Å². The first-order valence-electron chi connectivity index (χ1n) is 8.90. The summed E-state index contributed by atoms with van der Waals surface area (Å²) >= 11 is 6.18. The van der Waals surface area contributed by atoms with E-state index >= 15 is 0 Å². The van der Waals surface area contributed by atoms with Crippen molar-refractivity contribution >= 4 is 11.6 Å². The van der Waals surface area contributed by atoms with Crippen LogP contribution in [-0.2, 0) is 12.0 Å². The molecule has 1 aliphatic rings. The average molecular weight is 344 g/mol. The molecule has 3 heteroatoms. The van der Waals surface area contributed by atoms with Crippen molar-refractivity contribution in [2.75, 3.05) is 19.6 Å². The predicted octanol–water partition coefficient (Wildman–Crippen LogP) is 4.65. The Balaban J connectivity index is 1.79. The fourth-order valence-electron chi connectivity index (χ4n) is 3.57. The highest BCUT2D eigenvalue weighted by atomic mass is 35.5. The number of halogens is 1. The molecule has 0 saturated carbocycles. The van der Waals surface area contributed by atoms with Gasteiger partial charge in [-0.25, -0.2) is 0 Å². The first-order chi connectivity index (χ1) is 11.7. The molecule has 2 nitrogen and oxygen atoms in total. The maximum atomic E-state index is 11.5. The van der Waals surface area contributed by atoms with Crippen LogP contribution in [0.5, 0.6) is 0 Å². The van der Waals surface area contributed by atoms with Crippen LogP contribution in [0.15, 0.2) is 54.6 Å². The summed E-state index contributed by atoms with van der Waals surface area (Å²) in [4.78, 5) is 2.48. The number of hydrogen-bond donors (Lipinski definition) is 1. The predicted molar refractivity (Wildman–Crippen MR) is 100 cm³/mol. The molecule has 1 heterocycles. The lowest BCUT2D eigenvalue weighted by Gasteiger charge is -2.33. The maximum absolute atomic E-state index is 11.5. The van der Waals surface area contributed by atoms with E-state index in [2.05, 4.69) is 17.0 Å². The maximum Gasteiger partial charge on any atom is 0.0949 e. The van der Waals surface area contributed by atoms with E-state index in [0.717, 1.165) is 37.2 Å². The van der Waals surface area contributed by atoms with E-state index in [1.165, 1.54) is 19.3 Å². The minimum absolute atomic E-state index is 0.613. The molecule has 128 valence electrons. The summed E-state index contributed by atoms with van der Waals surface area (Å²) < 4.78 is 0. The van der Waals surface area contributed by atoms with Gasteiger partial charge >= 0.3 is 0 Å². The van der Waals surface area contributed by atoms with Gasteiger partial charge in [0, 0.05) is 18.0 Å². The van der Waals surface area contributed by atoms with Crippen molar-refractivity contribution in [3.05, 3.63) is 70.7 Å². The van der Waals surface area contributed by atoms with Crippen LogP contribution in [0, 0.1) is 0 Å². The molecule has 1 N–H and O–H groups in total. The summed E-state index contributed by atoms with van der Waals surface area (Å²) in [5, 5.41) is 12.2. The van der Waals surface area contributed by atoms with Gasteiger partial charge in [0.1, 0.15) is 0 Å². The summed E-state index contributed by atoms with van der Waals surface area (Å²) in [7, 11) is 0. The first-order valence-corrected chi connectivity index (χ1v) is 9.28. The van der Waals surface area contributed by atoms with Gasteiger partial charge in [-0.3, -0.25) is 0 Å². The van der Waals surface area contributed by atoms with Gasteiger partial charge in [-0.15, -0.1) is 0 Å². The third-order valence-electron chi connectivity index (χ3n) is 4.99. The molecule has 1 unspecified atom stereocenters. The van der Waals surface area contributed by atoms with Crippen LogP contribution in [0.3, 0.4) is 0 Å². The highest BCUT2D eigenvalue weighted by Gasteiger charge is 2.30. The average Bonchev–Trinajstić information content (AvgIpc) is 2.62. The molecule has 2 aromatic rings. The van der Waals surface area contributed by atoms with Gasteiger partial charge in [-0.2, -0.15) is 0 Å². The Morgan fingerprint density at radius 1 is 0.958 bits per heavy atom. The zero-order valence-corrected chi connectivity index (χ0v) is 14.9. The van der Waals surface area contributed by atoms with E-state index in [1.54, 1.807) is 0 Å². The molecule has 2 aromatic carbocycles. The zero-order chi connectivity index (χ0) is 16.8. The van der Waals surface area contributed by atoms with Crippen LogP contribution in [0.2, 0.25) is 5.02 Å². The van der Waals surface area contributed by atoms with Crippen molar-refractivity contribution in [1.29, 1.82) is 0 Å². The molecule has 1 fully saturated rings. The van der Waals surface area contributed by atoms with Crippen molar-refractivity contribution < 1.29 is 5.11 Å². The Morgan fingerprint density at radius 3 is 2.42 bits per heavy atom. The first kappa shape index (κ1) is 17.5. The van der Waals surface area contributed by atoms with Gasteiger partial charge in [-0.05, 0) is 55.6 Å². The normalized spacial score (nSPS) is 18.2. The van der Waals surface area contributed by atoms with Gasteiger partial charge in [0.05, 0.1) is 5.60 Å². The lowest BCUT2D eigenvalue weighted by molar-refractivity contribution is 0.0155. The Labute approximate surface area is 150 Å². The number of aliphatic hydroxyl groups is 1. The Bertz CT molecular complexity index is 639. The summed E-state index contributed by atoms with van der Waals surface area (Å²) in [5.74, 6) is 0. The van der Waals surface area contributed by atoms with E-state index in [0.29, 0.717) is 11.4 Å². The van der Waals surface area contributed by atoms with Crippen molar-refractivity contribution in [3.63, 3.8) is 0 Å². The van der Waals surface area contributed by atoms with Crippen LogP contribution in [-0.4, -0.2) is 29.6 Å². The zero-order valence-electron chi connectivity index (χ0n) is 14.1. The van der Waals surface area contributed by atoms with Crippen molar-refractivity contribution in [1.82, 2.24) is 4.90 Å². The molecule has 0 bridgehead atoms. The summed E-state index contributed by atoms with van der Waals surface area (Å²) in [6.07, 6.45) is 5.21. The van der Waals surface area contributed by atoms with E-state index < -0.39 is 5.60 Å². The third-order valence-corrected chi connectivity index (χ3v) is 5.23. The Hall–Kier alpha value is -1.35. The standard InChI is InChI=1S/C21H26ClNO/c22-20-11-7-10-19(16-20)21(24,17-18-8-3-1-4-9-18)12-15-23-13-5-2-6-14-23/h1,3-4,7-11,16,24H,2,5-6,12-15,17H2. The molecule has 0 aromatic heterocycles. The fraction of sp³-hybridized carbons (Fsp3) is 0.429. The molecule has 0 radical (unpaired) electrons. The smallest absolute Gasteiger partial charge is 0.0949 e. The Morgan fingerprint density at radius 2 is 1.71 bits per heavy atom. The minimum atomic E-state index is -0.885. The van der Waals surface area contributed by atoms with Crippen molar-refractivity contribution in [2.24, 2.45) is 0 Å². The number of benzene rings is 2. The fourth-order valence-corrected chi connectivity index (χ4v) is 3.76. The van der Waals surface area contributed by atoms with Crippen LogP contribution in [0.25, 0.3) is 0 Å². The van der Waals surface area contributed by atoms with E-state index in [9.17, 15) is 5.11 Å². The number of hydrogen-bond acceptors (Lipinski definition) is 2. The SMILES string of the molecule is OC(CCN1CCCCC1)(Cc1ccccc1)c1cccc(Cl)c1. The van der Waals surface area contributed by atoms with E-state index in [1.807, 2.05) is 42.5 Å². The molecule has 0 spiro atoms. The summed E-state index contributed by atoms with van der Waals surface area (Å²) in [6, 6.07) is 17.9. The number of rotatable bonds is 6. The van der Waals surface area contributed by atoms with Crippen LogP contribution in [0.4, 0.5) is 0 Å². The van der Waals surface area contributed by atoms with Gasteiger partial charge in [0.25, 0.3) is 0 Å². The largest absolute Gasteiger partial charge is 0.385 e. The number of likely N-dealkylation sites (tertiary alicyclic amines) is 1. The molecule has 1 atom stereocenters. The molecule has 1 saturated heterocycles. The summed E-state index contributed by atoms with van der Waals surface area (Å²) in [6.45, 7) is 3.23. The second kappa shape index (κ2) is 8.15. The van der Waals surface area contributed by atoms with E-state index in [-0.39, 0.29) is 0 Å². The Kier molecular flexibility index (Phi) is 5.94. The molecule has 1 aliphatic heterocycles. The lowest BCUT2D eigenvalue weighted by Crippen LogP contribution is -2.37. The van der Waals surface area contributed by atoms with Crippen LogP contribution < -0.4 is 0 Å². The van der Waals surface area contributed by atoms with Crippen molar-refractivity contribution in [3.8, 4) is 0 Å². The summed E-state index contributed by atoms with van der Waals surface area (Å²) in [5.41, 5.74) is 1.18. The topological polar surface area (TPSA) is 23.5 Å². The van der Waals surface area contributed by atoms with Crippen molar-refractivity contribution in [2.45, 2.75) is 37.7 Å². The van der Waals surface area contributed by atoms with E-state index in [4.69, 9.17) is 11.6 Å². The molecular weight excluding hydrogens is 318 g/mol. The second-order valence-corrected chi connectivity index (χ2v) is 7.29. The highest BCUT2D eigenvalue weighted by molar-refractivity contribution is 6.30. The van der Waals surface area contributed by atoms with Gasteiger partial charge < -0.3 is 10.0 Å². The molecule has 3 rings (SSSR count). The molecule has 0 amide bonds. The highest BCUT2D eigenvalue weighted by Crippen LogP contribution is 2.31. The number of nitrogens with zero attached hydrogens (tertiary/aromatic N) is 1. The van der Waals surface area contributed by atoms with Gasteiger partial charge in [0.15, 0.2) is 0 Å². The second-order valence-electron chi connectivity index (χ2n) is 6.86.